The van der Waals surface area contributed by atoms with Crippen LogP contribution in [0.4, 0.5) is 0 Å². The lowest BCUT2D eigenvalue weighted by molar-refractivity contribution is 0.315. The van der Waals surface area contributed by atoms with E-state index in [-0.39, 0.29) is 16.5 Å². The third-order valence-corrected chi connectivity index (χ3v) is 5.34. The zero-order chi connectivity index (χ0) is 17.9. The van der Waals surface area contributed by atoms with E-state index >= 15 is 0 Å². The van der Waals surface area contributed by atoms with E-state index in [1.54, 1.807) is 12.1 Å². The molecule has 3 rings (SSSR count). The van der Waals surface area contributed by atoms with Crippen LogP contribution in [0.5, 0.6) is 5.75 Å². The highest BCUT2D eigenvalue weighted by Gasteiger charge is 2.24. The van der Waals surface area contributed by atoms with Gasteiger partial charge in [-0.1, -0.05) is 25.1 Å². The fourth-order valence-corrected chi connectivity index (χ4v) is 4.06. The molecule has 0 amide bonds. The van der Waals surface area contributed by atoms with Crippen LogP contribution in [-0.4, -0.2) is 25.3 Å². The minimum absolute atomic E-state index is 0.0515. The maximum atomic E-state index is 12.8. The topological polar surface area (TPSA) is 94.3 Å². The standard InChI is InChI=1S/C17H19N3O4S/c1-3-14(12-8-10-13(11-9-12)23-4-2)20-25(21,22)16-7-5-6-15-17(16)19-24-18-15/h5-11,14,20H,3-4H2,1-2H3. The van der Waals surface area contributed by atoms with Crippen LogP contribution < -0.4 is 9.46 Å². The van der Waals surface area contributed by atoms with E-state index in [4.69, 9.17) is 4.74 Å². The van der Waals surface area contributed by atoms with Crippen LogP contribution in [0.2, 0.25) is 0 Å². The van der Waals surface area contributed by atoms with Crippen molar-refractivity contribution >= 4 is 21.1 Å². The SMILES string of the molecule is CCOc1ccc(C(CC)NS(=O)(=O)c2cccc3nonc23)cc1. The molecular weight excluding hydrogens is 342 g/mol. The molecule has 1 atom stereocenters. The zero-order valence-electron chi connectivity index (χ0n) is 14.0. The molecular formula is C17H19N3O4S. The number of sulfonamides is 1. The molecule has 0 aliphatic rings. The van der Waals surface area contributed by atoms with Crippen molar-refractivity contribution in [2.45, 2.75) is 31.2 Å². The number of nitrogens with one attached hydrogen (secondary N) is 1. The normalized spacial score (nSPS) is 13.0. The number of nitrogens with zero attached hydrogens (tertiary/aromatic N) is 2. The maximum Gasteiger partial charge on any atom is 0.243 e. The van der Waals surface area contributed by atoms with Gasteiger partial charge in [-0.25, -0.2) is 17.8 Å². The lowest BCUT2D eigenvalue weighted by Gasteiger charge is -2.18. The average molecular weight is 361 g/mol. The molecule has 0 bridgehead atoms. The number of fused-ring (bicyclic) bond motifs is 1. The van der Waals surface area contributed by atoms with Crippen LogP contribution in [0.15, 0.2) is 52.0 Å². The predicted molar refractivity (Wildman–Crippen MR) is 92.8 cm³/mol. The third kappa shape index (κ3) is 3.64. The molecule has 0 radical (unpaired) electrons. The Morgan fingerprint density at radius 1 is 1.12 bits per heavy atom. The van der Waals surface area contributed by atoms with Crippen molar-refractivity contribution in [3.8, 4) is 5.75 Å². The smallest absolute Gasteiger partial charge is 0.243 e. The molecule has 1 unspecified atom stereocenters. The fraction of sp³-hybridized carbons (Fsp3) is 0.294. The van der Waals surface area contributed by atoms with Crippen LogP contribution in [0.25, 0.3) is 11.0 Å². The Labute approximate surface area is 146 Å². The van der Waals surface area contributed by atoms with Crippen molar-refractivity contribution in [1.82, 2.24) is 15.0 Å². The maximum absolute atomic E-state index is 12.8. The van der Waals surface area contributed by atoms with Crippen molar-refractivity contribution in [2.24, 2.45) is 0 Å². The molecule has 3 aromatic rings. The molecule has 8 heteroatoms. The van der Waals surface area contributed by atoms with E-state index in [0.717, 1.165) is 11.3 Å². The van der Waals surface area contributed by atoms with Crippen LogP contribution >= 0.6 is 0 Å². The van der Waals surface area contributed by atoms with Crippen LogP contribution in [0.3, 0.4) is 0 Å². The Hall–Kier alpha value is -2.45. The summed E-state index contributed by atoms with van der Waals surface area (Å²) in [6, 6.07) is 11.8. The zero-order valence-corrected chi connectivity index (χ0v) is 14.8. The molecule has 132 valence electrons. The average Bonchev–Trinajstić information content (AvgIpc) is 3.09. The van der Waals surface area contributed by atoms with E-state index in [9.17, 15) is 8.42 Å². The molecule has 0 saturated carbocycles. The molecule has 25 heavy (non-hydrogen) atoms. The summed E-state index contributed by atoms with van der Waals surface area (Å²) in [4.78, 5) is 0.0515. The number of hydrogen-bond donors (Lipinski definition) is 1. The van der Waals surface area contributed by atoms with Gasteiger partial charge in [-0.3, -0.25) is 0 Å². The molecule has 0 aliphatic heterocycles. The Morgan fingerprint density at radius 2 is 1.88 bits per heavy atom. The number of hydrogen-bond acceptors (Lipinski definition) is 6. The third-order valence-electron chi connectivity index (χ3n) is 3.84. The van der Waals surface area contributed by atoms with E-state index in [1.165, 1.54) is 6.07 Å². The van der Waals surface area contributed by atoms with Gasteiger partial charge in [0.2, 0.25) is 10.0 Å². The second-order valence-corrected chi connectivity index (χ2v) is 7.15. The molecule has 1 heterocycles. The van der Waals surface area contributed by atoms with Crippen molar-refractivity contribution < 1.29 is 17.8 Å². The van der Waals surface area contributed by atoms with E-state index < -0.39 is 10.0 Å². The first-order valence-corrected chi connectivity index (χ1v) is 9.50. The van der Waals surface area contributed by atoms with Gasteiger partial charge in [-0.05, 0) is 53.5 Å². The molecule has 0 spiro atoms. The quantitative estimate of drug-likeness (QED) is 0.695. The first-order valence-electron chi connectivity index (χ1n) is 8.01. The summed E-state index contributed by atoms with van der Waals surface area (Å²) >= 11 is 0. The molecule has 1 N–H and O–H groups in total. The predicted octanol–water partition coefficient (Wildman–Crippen LogP) is 3.05. The second-order valence-electron chi connectivity index (χ2n) is 5.47. The minimum Gasteiger partial charge on any atom is -0.494 e. The summed E-state index contributed by atoms with van der Waals surface area (Å²) in [5.74, 6) is 0.752. The largest absolute Gasteiger partial charge is 0.494 e. The van der Waals surface area contributed by atoms with Crippen molar-refractivity contribution in [3.63, 3.8) is 0 Å². The second kappa shape index (κ2) is 7.20. The lowest BCUT2D eigenvalue weighted by atomic mass is 10.1. The van der Waals surface area contributed by atoms with Crippen molar-refractivity contribution in [3.05, 3.63) is 48.0 Å². The van der Waals surface area contributed by atoms with E-state index in [1.807, 2.05) is 38.1 Å². The number of aromatic nitrogens is 2. The Balaban J connectivity index is 1.88. The first-order chi connectivity index (χ1) is 12.0. The van der Waals surface area contributed by atoms with E-state index in [2.05, 4.69) is 19.7 Å². The van der Waals surface area contributed by atoms with Gasteiger partial charge in [0, 0.05) is 6.04 Å². The monoisotopic (exact) mass is 361 g/mol. The highest BCUT2D eigenvalue weighted by atomic mass is 32.2. The summed E-state index contributed by atoms with van der Waals surface area (Å²) in [5.41, 5.74) is 1.48. The van der Waals surface area contributed by atoms with Crippen molar-refractivity contribution in [1.29, 1.82) is 0 Å². The highest BCUT2D eigenvalue weighted by molar-refractivity contribution is 7.89. The van der Waals surface area contributed by atoms with Gasteiger partial charge in [0.05, 0.1) is 6.61 Å². The van der Waals surface area contributed by atoms with E-state index in [0.29, 0.717) is 18.5 Å². The molecule has 0 aliphatic carbocycles. The minimum atomic E-state index is -3.78. The summed E-state index contributed by atoms with van der Waals surface area (Å²) in [6.45, 7) is 4.41. The number of rotatable bonds is 7. The number of benzene rings is 2. The summed E-state index contributed by atoms with van der Waals surface area (Å²) in [5, 5.41) is 7.39. The van der Waals surface area contributed by atoms with Gasteiger partial charge in [0.25, 0.3) is 0 Å². The summed E-state index contributed by atoms with van der Waals surface area (Å²) in [7, 11) is -3.78. The van der Waals surface area contributed by atoms with Crippen LogP contribution in [-0.2, 0) is 10.0 Å². The van der Waals surface area contributed by atoms with Crippen LogP contribution in [0.1, 0.15) is 31.9 Å². The van der Waals surface area contributed by atoms with Gasteiger partial charge >= 0.3 is 0 Å². The molecule has 7 nitrogen and oxygen atoms in total. The summed E-state index contributed by atoms with van der Waals surface area (Å²) < 4.78 is 38.4. The van der Waals surface area contributed by atoms with Crippen molar-refractivity contribution in [2.75, 3.05) is 6.61 Å². The Morgan fingerprint density at radius 3 is 2.56 bits per heavy atom. The van der Waals surface area contributed by atoms with Gasteiger partial charge < -0.3 is 4.74 Å². The summed E-state index contributed by atoms with van der Waals surface area (Å²) in [6.07, 6.45) is 0.597. The first kappa shape index (κ1) is 17.4. The van der Waals surface area contributed by atoms with Gasteiger partial charge in [0.1, 0.15) is 16.2 Å². The highest BCUT2D eigenvalue weighted by Crippen LogP contribution is 2.25. The molecule has 0 fully saturated rings. The molecule has 1 aromatic heterocycles. The van der Waals surface area contributed by atoms with Crippen LogP contribution in [0, 0.1) is 0 Å². The Bertz CT molecular complexity index is 951. The van der Waals surface area contributed by atoms with Gasteiger partial charge in [0.15, 0.2) is 5.52 Å². The molecule has 2 aromatic carbocycles. The lowest BCUT2D eigenvalue weighted by Crippen LogP contribution is -2.28. The van der Waals surface area contributed by atoms with Gasteiger partial charge in [-0.2, -0.15) is 0 Å². The Kier molecular flexibility index (Phi) is 5.00. The fourth-order valence-electron chi connectivity index (χ4n) is 2.60. The van der Waals surface area contributed by atoms with Gasteiger partial charge in [-0.15, -0.1) is 0 Å². The number of ether oxygens (including phenoxy) is 1. The molecule has 0 saturated heterocycles.